The zero-order valence-corrected chi connectivity index (χ0v) is 13.9. The molecule has 24 heavy (non-hydrogen) atoms. The highest BCUT2D eigenvalue weighted by Crippen LogP contribution is 2.53. The van der Waals surface area contributed by atoms with Crippen LogP contribution < -0.4 is 11.5 Å². The van der Waals surface area contributed by atoms with Crippen LogP contribution in [-0.2, 0) is 13.8 Å². The SMILES string of the molecule is C[P+](=O)OC[C@@]12CC[C@@H]([C@H](n3cnc4c(N)nc(N)nc43)O1)[C@@H]2O. The Labute approximate surface area is 138 Å². The third kappa shape index (κ3) is 2.18. The molecule has 10 nitrogen and oxygen atoms in total. The molecular formula is C13H18N6O4P+. The summed E-state index contributed by atoms with van der Waals surface area (Å²) in [5.41, 5.74) is 11.5. The van der Waals surface area contributed by atoms with Crippen LogP contribution in [0.15, 0.2) is 6.33 Å². The van der Waals surface area contributed by atoms with Gasteiger partial charge >= 0.3 is 8.03 Å². The third-order valence-corrected chi connectivity index (χ3v) is 5.29. The van der Waals surface area contributed by atoms with Crippen molar-refractivity contribution in [2.24, 2.45) is 5.92 Å². The monoisotopic (exact) mass is 353 g/mol. The van der Waals surface area contributed by atoms with Crippen molar-refractivity contribution in [2.45, 2.75) is 30.8 Å². The highest BCUT2D eigenvalue weighted by atomic mass is 31.1. The maximum atomic E-state index is 11.3. The van der Waals surface area contributed by atoms with Crippen LogP contribution in [-0.4, -0.2) is 49.6 Å². The van der Waals surface area contributed by atoms with Crippen LogP contribution in [0, 0.1) is 5.92 Å². The fourth-order valence-electron chi connectivity index (χ4n) is 3.66. The summed E-state index contributed by atoms with van der Waals surface area (Å²) in [5.74, 6) is 0.102. The third-order valence-electron chi connectivity index (χ3n) is 4.80. The Balaban J connectivity index is 1.70. The summed E-state index contributed by atoms with van der Waals surface area (Å²) in [7, 11) is -1.76. The molecular weight excluding hydrogens is 335 g/mol. The van der Waals surface area contributed by atoms with Gasteiger partial charge in [0.25, 0.3) is 0 Å². The van der Waals surface area contributed by atoms with Crippen molar-refractivity contribution in [1.29, 1.82) is 0 Å². The number of hydrogen-bond acceptors (Lipinski definition) is 9. The molecule has 2 bridgehead atoms. The van der Waals surface area contributed by atoms with Crippen molar-refractivity contribution in [3.63, 3.8) is 0 Å². The quantitative estimate of drug-likeness (QED) is 0.664. The fourth-order valence-corrected chi connectivity index (χ4v) is 4.06. The number of fused-ring (bicyclic) bond motifs is 3. The van der Waals surface area contributed by atoms with E-state index in [1.807, 2.05) is 0 Å². The molecule has 2 aromatic rings. The van der Waals surface area contributed by atoms with Gasteiger partial charge in [-0.3, -0.25) is 4.57 Å². The number of ether oxygens (including phenoxy) is 1. The summed E-state index contributed by atoms with van der Waals surface area (Å²) in [6, 6.07) is 0. The highest BCUT2D eigenvalue weighted by Gasteiger charge is 2.61. The van der Waals surface area contributed by atoms with Crippen molar-refractivity contribution < 1.29 is 18.9 Å². The second-order valence-corrected chi connectivity index (χ2v) is 7.36. The van der Waals surface area contributed by atoms with E-state index in [0.717, 1.165) is 6.42 Å². The molecule has 2 aliphatic rings. The lowest BCUT2D eigenvalue weighted by atomic mass is 10.0. The molecule has 1 saturated heterocycles. The lowest BCUT2D eigenvalue weighted by Gasteiger charge is -2.29. The Bertz CT molecular complexity index is 828. The smallest absolute Gasteiger partial charge is 0.390 e. The Morgan fingerprint density at radius 3 is 3.08 bits per heavy atom. The van der Waals surface area contributed by atoms with Crippen molar-refractivity contribution in [3.05, 3.63) is 6.33 Å². The van der Waals surface area contributed by atoms with E-state index in [4.69, 9.17) is 20.7 Å². The van der Waals surface area contributed by atoms with Gasteiger partial charge in [-0.1, -0.05) is 0 Å². The van der Waals surface area contributed by atoms with Gasteiger partial charge in [0.2, 0.25) is 5.95 Å². The first-order valence-electron chi connectivity index (χ1n) is 7.56. The van der Waals surface area contributed by atoms with E-state index in [2.05, 4.69) is 15.0 Å². The van der Waals surface area contributed by atoms with Crippen LogP contribution in [0.25, 0.3) is 11.2 Å². The molecule has 11 heteroatoms. The summed E-state index contributed by atoms with van der Waals surface area (Å²) in [4.78, 5) is 12.3. The van der Waals surface area contributed by atoms with E-state index in [9.17, 15) is 9.67 Å². The number of rotatable bonds is 4. The first-order chi connectivity index (χ1) is 11.4. The minimum atomic E-state index is -1.76. The lowest BCUT2D eigenvalue weighted by molar-refractivity contribution is -0.133. The van der Waals surface area contributed by atoms with E-state index in [1.54, 1.807) is 10.9 Å². The number of nitrogens with zero attached hydrogens (tertiary/aromatic N) is 4. The highest BCUT2D eigenvalue weighted by molar-refractivity contribution is 7.38. The molecule has 1 unspecified atom stereocenters. The molecule has 5 atom stereocenters. The van der Waals surface area contributed by atoms with Gasteiger partial charge in [-0.05, 0) is 17.4 Å². The fraction of sp³-hybridized carbons (Fsp3) is 0.615. The second-order valence-electron chi connectivity index (χ2n) is 6.22. The molecule has 0 aromatic carbocycles. The number of aromatic nitrogens is 4. The molecule has 3 heterocycles. The lowest BCUT2D eigenvalue weighted by Crippen LogP contribution is -2.41. The van der Waals surface area contributed by atoms with Gasteiger partial charge in [0.05, 0.1) is 12.4 Å². The zero-order valence-electron chi connectivity index (χ0n) is 13.0. The molecule has 0 spiro atoms. The molecule has 0 radical (unpaired) electrons. The first-order valence-corrected chi connectivity index (χ1v) is 9.19. The maximum Gasteiger partial charge on any atom is 0.504 e. The van der Waals surface area contributed by atoms with Crippen LogP contribution >= 0.6 is 8.03 Å². The van der Waals surface area contributed by atoms with E-state index >= 15 is 0 Å². The van der Waals surface area contributed by atoms with Crippen LogP contribution in [0.5, 0.6) is 0 Å². The van der Waals surface area contributed by atoms with Gasteiger partial charge in [0.1, 0.15) is 24.0 Å². The minimum absolute atomic E-state index is 0.0477. The van der Waals surface area contributed by atoms with Gasteiger partial charge in [0, 0.05) is 5.92 Å². The Morgan fingerprint density at radius 2 is 2.33 bits per heavy atom. The Hall–Kier alpha value is -1.87. The van der Waals surface area contributed by atoms with Gasteiger partial charge in [-0.15, -0.1) is 4.52 Å². The number of aliphatic hydroxyl groups is 1. The number of nitrogens with two attached hydrogens (primary N) is 2. The van der Waals surface area contributed by atoms with Gasteiger partial charge < -0.3 is 21.3 Å². The van der Waals surface area contributed by atoms with Crippen LogP contribution in [0.4, 0.5) is 11.8 Å². The van der Waals surface area contributed by atoms with Crippen LogP contribution in [0.3, 0.4) is 0 Å². The molecule has 1 aliphatic carbocycles. The summed E-state index contributed by atoms with van der Waals surface area (Å²) in [5, 5.41) is 10.6. The predicted octanol–water partition coefficient (Wildman–Crippen LogP) is 0.418. The second kappa shape index (κ2) is 5.32. The topological polar surface area (TPSA) is 151 Å². The van der Waals surface area contributed by atoms with Gasteiger partial charge in [-0.2, -0.15) is 9.97 Å². The van der Waals surface area contributed by atoms with Crippen molar-refractivity contribution in [3.8, 4) is 0 Å². The predicted molar refractivity (Wildman–Crippen MR) is 85.2 cm³/mol. The zero-order chi connectivity index (χ0) is 17.1. The average Bonchev–Trinajstić information content (AvgIpc) is 3.15. The molecule has 2 fully saturated rings. The van der Waals surface area contributed by atoms with E-state index in [1.165, 1.54) is 6.66 Å². The molecule has 2 aromatic heterocycles. The molecule has 1 aliphatic heterocycles. The molecule has 0 amide bonds. The summed E-state index contributed by atoms with van der Waals surface area (Å²) in [6.45, 7) is 1.56. The number of anilines is 2. The number of nitrogen functional groups attached to an aromatic ring is 2. The summed E-state index contributed by atoms with van der Waals surface area (Å²) in [6.07, 6.45) is 1.77. The molecule has 4 rings (SSSR count). The van der Waals surface area contributed by atoms with E-state index in [0.29, 0.717) is 17.6 Å². The number of hydrogen-bond donors (Lipinski definition) is 3. The normalized spacial score (nSPS) is 32.6. The summed E-state index contributed by atoms with van der Waals surface area (Å²) >= 11 is 0. The van der Waals surface area contributed by atoms with Crippen molar-refractivity contribution in [1.82, 2.24) is 19.5 Å². The number of imidazole rings is 1. The van der Waals surface area contributed by atoms with Gasteiger partial charge in [-0.25, -0.2) is 4.98 Å². The standard InChI is InChI=1S/C13H18N6O4P/c1-24(21)22-4-13-3-2-6(8(13)20)11(23-13)19-5-16-7-9(14)17-12(15)18-10(7)19/h5-6,8,11,20H,2-4H2,1H3,(H4,14,15,17,18)/q+1/t6-,8+,11-,13-/m1/s1. The Morgan fingerprint density at radius 1 is 1.54 bits per heavy atom. The van der Waals surface area contributed by atoms with E-state index < -0.39 is 26.0 Å². The minimum Gasteiger partial charge on any atom is -0.390 e. The number of aliphatic hydroxyl groups excluding tert-OH is 1. The average molecular weight is 353 g/mol. The molecule has 1 saturated carbocycles. The maximum absolute atomic E-state index is 11.3. The van der Waals surface area contributed by atoms with Crippen molar-refractivity contribution >= 4 is 31.0 Å². The van der Waals surface area contributed by atoms with Gasteiger partial charge in [0.15, 0.2) is 18.1 Å². The van der Waals surface area contributed by atoms with E-state index in [-0.39, 0.29) is 24.3 Å². The summed E-state index contributed by atoms with van der Waals surface area (Å²) < 4.78 is 24.3. The van der Waals surface area contributed by atoms with Crippen LogP contribution in [0.2, 0.25) is 0 Å². The largest absolute Gasteiger partial charge is 0.504 e. The molecule has 5 N–H and O–H groups in total. The van der Waals surface area contributed by atoms with Crippen LogP contribution in [0.1, 0.15) is 19.1 Å². The Kier molecular flexibility index (Phi) is 3.47. The van der Waals surface area contributed by atoms with Crippen molar-refractivity contribution in [2.75, 3.05) is 24.7 Å². The first kappa shape index (κ1) is 15.6. The molecule has 128 valence electrons.